The van der Waals surface area contributed by atoms with E-state index in [0.29, 0.717) is 22.4 Å². The highest BCUT2D eigenvalue weighted by atomic mass is 32.1. The lowest BCUT2D eigenvalue weighted by atomic mass is 10.00. The van der Waals surface area contributed by atoms with Crippen molar-refractivity contribution in [2.24, 2.45) is 0 Å². The smallest absolute Gasteiger partial charge is 0.350 e. The van der Waals surface area contributed by atoms with Crippen molar-refractivity contribution in [3.05, 3.63) is 81.6 Å². The van der Waals surface area contributed by atoms with E-state index >= 15 is 0 Å². The zero-order valence-electron chi connectivity index (χ0n) is 20.7. The van der Waals surface area contributed by atoms with Gasteiger partial charge in [-0.1, -0.05) is 29.5 Å². The molecule has 11 nitrogen and oxygen atoms in total. The summed E-state index contributed by atoms with van der Waals surface area (Å²) >= 11 is 0.919. The fourth-order valence-electron chi connectivity index (χ4n) is 3.90. The number of amides is 1. The van der Waals surface area contributed by atoms with E-state index in [4.69, 9.17) is 23.5 Å². The Hall–Kier alpha value is -4.71. The second-order valence-electron chi connectivity index (χ2n) is 8.19. The molecule has 1 unspecified atom stereocenters. The number of rotatable bonds is 5. The average molecular weight is 539 g/mol. The number of methoxy groups -OCH3 is 1. The lowest BCUT2D eigenvalue weighted by molar-refractivity contribution is -0.134. The monoisotopic (exact) mass is 538 g/mol. The minimum Gasteiger partial charge on any atom is -0.503 e. The van der Waals surface area contributed by atoms with Gasteiger partial charge in [-0.15, -0.1) is 0 Å². The third kappa shape index (κ3) is 4.81. The summed E-state index contributed by atoms with van der Waals surface area (Å²) in [5.74, 6) is -2.91. The van der Waals surface area contributed by atoms with Crippen molar-refractivity contribution < 1.29 is 43.0 Å². The number of aromatic nitrogens is 1. The molecule has 12 heteroatoms. The molecule has 0 fully saturated rings. The second kappa shape index (κ2) is 10.3. The van der Waals surface area contributed by atoms with Crippen LogP contribution in [0.5, 0.6) is 0 Å². The second-order valence-corrected chi connectivity index (χ2v) is 9.17. The van der Waals surface area contributed by atoms with Gasteiger partial charge in [-0.2, -0.15) is 0 Å². The number of ether oxygens (including phenoxy) is 1. The lowest BCUT2D eigenvalue weighted by Gasteiger charge is -2.22. The predicted molar refractivity (Wildman–Crippen MR) is 135 cm³/mol. The van der Waals surface area contributed by atoms with Crippen LogP contribution in [0.25, 0.3) is 11.0 Å². The number of benzene rings is 1. The van der Waals surface area contributed by atoms with Crippen LogP contribution >= 0.6 is 11.3 Å². The molecule has 4 heterocycles. The Morgan fingerprint density at radius 1 is 1.11 bits per heavy atom. The molecule has 2 N–H and O–H groups in total. The molecule has 1 aliphatic rings. The number of hydrogen-bond acceptors (Lipinski definition) is 10. The van der Waals surface area contributed by atoms with Gasteiger partial charge in [0.1, 0.15) is 28.0 Å². The number of aliphatic carboxylic acids is 1. The number of hydrogen-bond donors (Lipinski definition) is 2. The molecule has 0 saturated heterocycles. The van der Waals surface area contributed by atoms with E-state index in [1.165, 1.54) is 7.11 Å². The van der Waals surface area contributed by atoms with Crippen molar-refractivity contribution in [2.45, 2.75) is 26.8 Å². The number of aryl methyl sites for hydroxylation is 2. The van der Waals surface area contributed by atoms with Gasteiger partial charge < -0.3 is 23.8 Å². The standard InChI is InChI=1S/C24H18N2O7S.C2H4O2/c1-11-8-9-15(32-11)18-17(19(27)16-10-13-6-4-5-7-14(13)33-16)20(28)22(29)26(18)24-25-12(2)21(34-24)23(30)31-3;1-2(3)4/h4-10,18,28H,1-3H3;1H3,(H,3,4). The van der Waals surface area contributed by atoms with Crippen LogP contribution in [0.15, 0.2) is 62.6 Å². The molecule has 38 heavy (non-hydrogen) atoms. The number of furan rings is 2. The highest BCUT2D eigenvalue weighted by molar-refractivity contribution is 7.17. The molecule has 1 atom stereocenters. The summed E-state index contributed by atoms with van der Waals surface area (Å²) in [5, 5.41) is 19.1. The number of carbonyl (C=O) groups excluding carboxylic acids is 3. The van der Waals surface area contributed by atoms with Crippen molar-refractivity contribution in [3.63, 3.8) is 0 Å². The van der Waals surface area contributed by atoms with E-state index in [1.54, 1.807) is 50.2 Å². The molecule has 0 saturated carbocycles. The number of thiazole rings is 1. The van der Waals surface area contributed by atoms with Crippen molar-refractivity contribution in [2.75, 3.05) is 12.0 Å². The largest absolute Gasteiger partial charge is 0.503 e. The fourth-order valence-corrected chi connectivity index (χ4v) is 4.91. The van der Waals surface area contributed by atoms with E-state index < -0.39 is 35.4 Å². The number of aliphatic hydroxyl groups excluding tert-OH is 1. The number of carbonyl (C=O) groups is 4. The van der Waals surface area contributed by atoms with Crippen molar-refractivity contribution in [1.29, 1.82) is 0 Å². The third-order valence-electron chi connectivity index (χ3n) is 5.49. The van der Waals surface area contributed by atoms with E-state index in [1.807, 2.05) is 6.07 Å². The number of esters is 1. The van der Waals surface area contributed by atoms with Crippen LogP contribution in [0.3, 0.4) is 0 Å². The first-order chi connectivity index (χ1) is 18.0. The molecule has 3 aromatic heterocycles. The molecule has 4 aromatic rings. The number of carboxylic acid groups (broad SMARTS) is 1. The molecular formula is C26H22N2O9S. The van der Waals surface area contributed by atoms with E-state index in [0.717, 1.165) is 23.2 Å². The maximum absolute atomic E-state index is 13.5. The maximum Gasteiger partial charge on any atom is 0.350 e. The van der Waals surface area contributed by atoms with Crippen LogP contribution in [-0.4, -0.2) is 45.9 Å². The van der Waals surface area contributed by atoms with Gasteiger partial charge in [0.15, 0.2) is 16.7 Å². The molecule has 0 aliphatic carbocycles. The van der Waals surface area contributed by atoms with Crippen molar-refractivity contribution in [1.82, 2.24) is 4.98 Å². The molecular weight excluding hydrogens is 516 g/mol. The van der Waals surface area contributed by atoms with Crippen LogP contribution in [0, 0.1) is 13.8 Å². The number of nitrogens with zero attached hydrogens (tertiary/aromatic N) is 2. The van der Waals surface area contributed by atoms with Gasteiger partial charge in [-0.3, -0.25) is 19.3 Å². The molecule has 1 aromatic carbocycles. The third-order valence-corrected chi connectivity index (χ3v) is 6.63. The molecule has 0 radical (unpaired) electrons. The number of anilines is 1. The number of para-hydroxylation sites is 1. The first-order valence-corrected chi connectivity index (χ1v) is 12.0. The fraction of sp³-hybridized carbons (Fsp3) is 0.192. The Labute approximate surface area is 219 Å². The summed E-state index contributed by atoms with van der Waals surface area (Å²) in [5.41, 5.74) is 0.646. The predicted octanol–water partition coefficient (Wildman–Crippen LogP) is 4.76. The average Bonchev–Trinajstić information content (AvgIpc) is 3.63. The Morgan fingerprint density at radius 3 is 2.39 bits per heavy atom. The zero-order chi connectivity index (χ0) is 27.7. The van der Waals surface area contributed by atoms with Gasteiger partial charge in [-0.25, -0.2) is 9.78 Å². The summed E-state index contributed by atoms with van der Waals surface area (Å²) in [6, 6.07) is 10.8. The summed E-state index contributed by atoms with van der Waals surface area (Å²) in [7, 11) is 1.24. The highest BCUT2D eigenvalue weighted by Crippen LogP contribution is 2.44. The van der Waals surface area contributed by atoms with E-state index in [9.17, 15) is 19.5 Å². The molecule has 196 valence electrons. The SMILES string of the molecule is CC(=O)O.COC(=O)c1sc(N2C(=O)C(O)=C(C(=O)c3cc4ccccc4o3)C2c2ccc(C)o2)nc1C. The number of fused-ring (bicyclic) bond motifs is 1. The van der Waals surface area contributed by atoms with Gasteiger partial charge in [0.05, 0.1) is 18.4 Å². The number of carboxylic acids is 1. The molecule has 0 spiro atoms. The van der Waals surface area contributed by atoms with Crippen LogP contribution in [0.2, 0.25) is 0 Å². The Balaban J connectivity index is 0.000000786. The van der Waals surface area contributed by atoms with Crippen molar-refractivity contribution in [3.8, 4) is 0 Å². The maximum atomic E-state index is 13.5. The Kier molecular flexibility index (Phi) is 7.17. The van der Waals surface area contributed by atoms with Crippen LogP contribution in [0.1, 0.15) is 50.4 Å². The summed E-state index contributed by atoms with van der Waals surface area (Å²) < 4.78 is 16.2. The topological polar surface area (TPSA) is 160 Å². The summed E-state index contributed by atoms with van der Waals surface area (Å²) in [4.78, 5) is 53.6. The quantitative estimate of drug-likeness (QED) is 0.268. The molecule has 1 aliphatic heterocycles. The van der Waals surface area contributed by atoms with E-state index in [2.05, 4.69) is 4.98 Å². The highest BCUT2D eigenvalue weighted by Gasteiger charge is 2.48. The van der Waals surface area contributed by atoms with E-state index in [-0.39, 0.29) is 27.1 Å². The first-order valence-electron chi connectivity index (χ1n) is 11.1. The van der Waals surface area contributed by atoms with Gasteiger partial charge in [0.25, 0.3) is 11.9 Å². The minimum atomic E-state index is -1.11. The minimum absolute atomic E-state index is 0.0313. The molecule has 5 rings (SSSR count). The van der Waals surface area contributed by atoms with Gasteiger partial charge in [0.2, 0.25) is 5.78 Å². The summed E-state index contributed by atoms with van der Waals surface area (Å²) in [6.07, 6.45) is 0. The normalized spacial score (nSPS) is 15.0. The van der Waals surface area contributed by atoms with Crippen LogP contribution < -0.4 is 4.90 Å². The Bertz CT molecular complexity index is 1570. The van der Waals surface area contributed by atoms with Gasteiger partial charge >= 0.3 is 5.97 Å². The zero-order valence-corrected chi connectivity index (χ0v) is 21.5. The van der Waals surface area contributed by atoms with Gasteiger partial charge in [0, 0.05) is 12.3 Å². The Morgan fingerprint density at radius 2 is 1.79 bits per heavy atom. The number of ketones is 1. The van der Waals surface area contributed by atoms with Crippen LogP contribution in [-0.2, 0) is 14.3 Å². The lowest BCUT2D eigenvalue weighted by Crippen LogP contribution is -2.30. The number of Topliss-reactive ketones (excluding diaryl/α,β-unsaturated/α-hetero) is 1. The molecule has 0 bridgehead atoms. The molecule has 1 amide bonds. The summed E-state index contributed by atoms with van der Waals surface area (Å²) in [6.45, 7) is 4.41. The van der Waals surface area contributed by atoms with Gasteiger partial charge in [-0.05, 0) is 38.1 Å². The number of aliphatic hydroxyl groups is 1. The van der Waals surface area contributed by atoms with Crippen molar-refractivity contribution >= 4 is 51.1 Å². The first kappa shape index (κ1) is 26.4. The van der Waals surface area contributed by atoms with Crippen LogP contribution in [0.4, 0.5) is 5.13 Å².